The molecule has 8 nitrogen and oxygen atoms in total. The third-order valence-corrected chi connectivity index (χ3v) is 8.64. The number of imidazole rings is 1. The molecule has 3 atom stereocenters. The first-order chi connectivity index (χ1) is 15.9. The SMILES string of the molecule is CC(=O)N[C@@H](CCN1C2CCC1CC(n1c(C)nc3c1CCN(C(C)=O)C3)C2)c1cncs1. The molecule has 9 heteroatoms. The highest BCUT2D eigenvalue weighted by Crippen LogP contribution is 2.43. The molecule has 0 aliphatic carbocycles. The maximum Gasteiger partial charge on any atom is 0.219 e. The molecule has 2 unspecified atom stereocenters. The summed E-state index contributed by atoms with van der Waals surface area (Å²) in [6.07, 6.45) is 8.51. The first-order valence-corrected chi connectivity index (χ1v) is 13.0. The van der Waals surface area contributed by atoms with Gasteiger partial charge in [0.1, 0.15) is 5.82 Å². The molecule has 2 aromatic rings. The number of hydrogen-bond donors (Lipinski definition) is 1. The summed E-state index contributed by atoms with van der Waals surface area (Å²) >= 11 is 1.61. The van der Waals surface area contributed by atoms with Gasteiger partial charge in [0.2, 0.25) is 11.8 Å². The highest BCUT2D eigenvalue weighted by atomic mass is 32.1. The van der Waals surface area contributed by atoms with E-state index in [-0.39, 0.29) is 17.9 Å². The Balaban J connectivity index is 1.27. The van der Waals surface area contributed by atoms with Crippen molar-refractivity contribution in [3.05, 3.63) is 33.8 Å². The quantitative estimate of drug-likeness (QED) is 0.702. The van der Waals surface area contributed by atoms with Crippen LogP contribution < -0.4 is 5.32 Å². The van der Waals surface area contributed by atoms with E-state index in [0.717, 1.165) is 55.2 Å². The largest absolute Gasteiger partial charge is 0.349 e. The average Bonchev–Trinajstić information content (AvgIpc) is 3.46. The fourth-order valence-corrected chi connectivity index (χ4v) is 7.03. The summed E-state index contributed by atoms with van der Waals surface area (Å²) in [7, 11) is 0. The fourth-order valence-electron chi connectivity index (χ4n) is 6.32. The number of aryl methyl sites for hydroxylation is 1. The lowest BCUT2D eigenvalue weighted by molar-refractivity contribution is -0.129. The van der Waals surface area contributed by atoms with E-state index < -0.39 is 0 Å². The minimum absolute atomic E-state index is 0.0128. The zero-order chi connectivity index (χ0) is 23.1. The molecule has 2 bridgehead atoms. The highest BCUT2D eigenvalue weighted by molar-refractivity contribution is 7.09. The van der Waals surface area contributed by atoms with E-state index in [9.17, 15) is 9.59 Å². The van der Waals surface area contributed by atoms with Crippen LogP contribution in [0.15, 0.2) is 11.7 Å². The molecule has 2 saturated heterocycles. The molecule has 3 aliphatic heterocycles. The Labute approximate surface area is 199 Å². The standard InChI is InChI=1S/C24H34N6O2S/c1-15-26-22-13-28(17(3)32)8-7-23(22)30(15)20-10-18-4-5-19(11-20)29(18)9-6-21(27-16(2)31)24-12-25-14-33-24/h12,14,18-21H,4-11,13H2,1-3H3,(H,27,31)/t18?,19?,20?,21-/m0/s1. The van der Waals surface area contributed by atoms with Gasteiger partial charge < -0.3 is 14.8 Å². The topological polar surface area (TPSA) is 83.4 Å². The van der Waals surface area contributed by atoms with Gasteiger partial charge in [-0.15, -0.1) is 11.3 Å². The van der Waals surface area contributed by atoms with Crippen LogP contribution in [0, 0.1) is 6.92 Å². The van der Waals surface area contributed by atoms with Crippen LogP contribution in [0.25, 0.3) is 0 Å². The second kappa shape index (κ2) is 9.18. The number of rotatable bonds is 6. The van der Waals surface area contributed by atoms with Crippen LogP contribution in [-0.4, -0.2) is 61.3 Å². The molecule has 2 amide bonds. The number of hydrogen-bond acceptors (Lipinski definition) is 6. The number of carbonyl (C=O) groups excluding carboxylic acids is 2. The summed E-state index contributed by atoms with van der Waals surface area (Å²) < 4.78 is 2.51. The lowest BCUT2D eigenvalue weighted by atomic mass is 9.95. The van der Waals surface area contributed by atoms with Gasteiger partial charge in [0, 0.05) is 68.3 Å². The van der Waals surface area contributed by atoms with Crippen LogP contribution in [0.4, 0.5) is 0 Å². The van der Waals surface area contributed by atoms with Crippen LogP contribution in [0.5, 0.6) is 0 Å². The molecule has 0 aromatic carbocycles. The summed E-state index contributed by atoms with van der Waals surface area (Å²) in [5.74, 6) is 1.24. The number of aromatic nitrogens is 3. The van der Waals surface area contributed by atoms with Gasteiger partial charge in [0.05, 0.1) is 23.8 Å². The van der Waals surface area contributed by atoms with Crippen LogP contribution in [0.1, 0.15) is 80.1 Å². The fraction of sp³-hybridized carbons (Fsp3) is 0.667. The molecule has 178 valence electrons. The van der Waals surface area contributed by atoms with E-state index in [0.29, 0.717) is 24.7 Å². The molecule has 33 heavy (non-hydrogen) atoms. The summed E-state index contributed by atoms with van der Waals surface area (Å²) in [6.45, 7) is 7.80. The Kier molecular flexibility index (Phi) is 6.26. The van der Waals surface area contributed by atoms with Crippen molar-refractivity contribution in [2.24, 2.45) is 0 Å². The van der Waals surface area contributed by atoms with Gasteiger partial charge in [-0.1, -0.05) is 0 Å². The number of amides is 2. The second-order valence-electron chi connectivity index (χ2n) is 9.81. The van der Waals surface area contributed by atoms with Crippen molar-refractivity contribution in [2.45, 2.75) is 90.0 Å². The number of thiazole rings is 1. The molecule has 2 fully saturated rings. The van der Waals surface area contributed by atoms with Crippen molar-refractivity contribution < 1.29 is 9.59 Å². The minimum Gasteiger partial charge on any atom is -0.349 e. The smallest absolute Gasteiger partial charge is 0.219 e. The van der Waals surface area contributed by atoms with Gasteiger partial charge in [-0.3, -0.25) is 19.5 Å². The lowest BCUT2D eigenvalue weighted by Crippen LogP contribution is -2.45. The second-order valence-corrected chi connectivity index (χ2v) is 10.7. The average molecular weight is 471 g/mol. The van der Waals surface area contributed by atoms with Crippen LogP contribution in [-0.2, 0) is 22.6 Å². The lowest BCUT2D eigenvalue weighted by Gasteiger charge is -2.41. The van der Waals surface area contributed by atoms with Crippen LogP contribution in [0.3, 0.4) is 0 Å². The monoisotopic (exact) mass is 470 g/mol. The van der Waals surface area contributed by atoms with Gasteiger partial charge in [-0.05, 0) is 39.0 Å². The van der Waals surface area contributed by atoms with Gasteiger partial charge >= 0.3 is 0 Å². The maximum absolute atomic E-state index is 11.8. The van der Waals surface area contributed by atoms with Crippen LogP contribution in [0.2, 0.25) is 0 Å². The summed E-state index contributed by atoms with van der Waals surface area (Å²) in [4.78, 5) is 38.4. The summed E-state index contributed by atoms with van der Waals surface area (Å²) in [5, 5.41) is 3.12. The van der Waals surface area contributed by atoms with Crippen LogP contribution >= 0.6 is 11.3 Å². The molecule has 5 heterocycles. The highest BCUT2D eigenvalue weighted by Gasteiger charge is 2.42. The molecular formula is C24H34N6O2S. The Morgan fingerprint density at radius 1 is 1.21 bits per heavy atom. The van der Waals surface area contributed by atoms with E-state index in [2.05, 4.69) is 26.7 Å². The van der Waals surface area contributed by atoms with Crippen molar-refractivity contribution in [2.75, 3.05) is 13.1 Å². The van der Waals surface area contributed by atoms with Crippen molar-refractivity contribution in [1.29, 1.82) is 0 Å². The Bertz CT molecular complexity index is 1000. The minimum atomic E-state index is 0.0128. The third-order valence-electron chi connectivity index (χ3n) is 7.75. The normalized spacial score (nSPS) is 25.7. The van der Waals surface area contributed by atoms with E-state index in [1.807, 2.05) is 16.6 Å². The summed E-state index contributed by atoms with van der Waals surface area (Å²) in [5.41, 5.74) is 4.27. The summed E-state index contributed by atoms with van der Waals surface area (Å²) in [6, 6.07) is 1.71. The van der Waals surface area contributed by atoms with Crippen molar-refractivity contribution in [3.63, 3.8) is 0 Å². The van der Waals surface area contributed by atoms with Crippen molar-refractivity contribution >= 4 is 23.2 Å². The number of nitrogens with one attached hydrogen (secondary N) is 1. The Morgan fingerprint density at radius 2 is 1.97 bits per heavy atom. The predicted octanol–water partition coefficient (Wildman–Crippen LogP) is 2.99. The number of piperidine rings is 1. The van der Waals surface area contributed by atoms with Crippen molar-refractivity contribution in [3.8, 4) is 0 Å². The molecule has 2 aromatic heterocycles. The third kappa shape index (κ3) is 4.45. The number of carbonyl (C=O) groups is 2. The van der Waals surface area contributed by atoms with E-state index >= 15 is 0 Å². The Hall–Kier alpha value is -2.26. The first-order valence-electron chi connectivity index (χ1n) is 12.1. The predicted molar refractivity (Wildman–Crippen MR) is 127 cm³/mol. The Morgan fingerprint density at radius 3 is 2.61 bits per heavy atom. The van der Waals surface area contributed by atoms with E-state index in [1.54, 1.807) is 25.2 Å². The number of nitrogens with zero attached hydrogens (tertiary/aromatic N) is 5. The molecule has 3 aliphatic rings. The zero-order valence-corrected chi connectivity index (χ0v) is 20.6. The van der Waals surface area contributed by atoms with E-state index in [1.165, 1.54) is 18.5 Å². The van der Waals surface area contributed by atoms with Gasteiger partial charge in [0.25, 0.3) is 0 Å². The molecular weight excluding hydrogens is 436 g/mol. The number of fused-ring (bicyclic) bond motifs is 3. The molecule has 5 rings (SSSR count). The molecule has 0 spiro atoms. The molecule has 0 saturated carbocycles. The maximum atomic E-state index is 11.8. The first kappa shape index (κ1) is 22.5. The van der Waals surface area contributed by atoms with E-state index in [4.69, 9.17) is 4.98 Å². The van der Waals surface area contributed by atoms with Gasteiger partial charge in [-0.2, -0.15) is 0 Å². The molecule has 0 radical (unpaired) electrons. The van der Waals surface area contributed by atoms with Crippen molar-refractivity contribution in [1.82, 2.24) is 29.7 Å². The van der Waals surface area contributed by atoms with Gasteiger partial charge in [0.15, 0.2) is 0 Å². The zero-order valence-electron chi connectivity index (χ0n) is 19.8. The van der Waals surface area contributed by atoms with Gasteiger partial charge in [-0.25, -0.2) is 4.98 Å². The molecule has 1 N–H and O–H groups in total.